The third-order valence-corrected chi connectivity index (χ3v) is 3.67. The number of benzene rings is 2. The van der Waals surface area contributed by atoms with Gasteiger partial charge in [-0.05, 0) is 29.8 Å². The summed E-state index contributed by atoms with van der Waals surface area (Å²) in [6, 6.07) is 13.7. The van der Waals surface area contributed by atoms with E-state index in [0.29, 0.717) is 5.56 Å². The Hall–Kier alpha value is -3.88. The standard InChI is InChI=1S/C18H13FN4O4/c19-13-5-3-4-12(10-13)11-22-17(24)9-8-15(21-22)18(25)20-14-6-1-2-7-16(14)23(26)27/h1-10H,11H2,(H,20,25). The molecule has 8 nitrogen and oxygen atoms in total. The number of aromatic nitrogens is 2. The summed E-state index contributed by atoms with van der Waals surface area (Å²) < 4.78 is 14.3. The maximum atomic E-state index is 13.3. The van der Waals surface area contributed by atoms with E-state index in [9.17, 15) is 24.1 Å². The number of hydrogen-bond donors (Lipinski definition) is 1. The number of carbonyl (C=O) groups is 1. The van der Waals surface area contributed by atoms with Crippen LogP contribution in [0.2, 0.25) is 0 Å². The van der Waals surface area contributed by atoms with Crippen molar-refractivity contribution in [3.05, 3.63) is 98.2 Å². The minimum Gasteiger partial charge on any atom is -0.315 e. The van der Waals surface area contributed by atoms with Gasteiger partial charge in [-0.15, -0.1) is 0 Å². The Morgan fingerprint density at radius 2 is 1.93 bits per heavy atom. The molecule has 0 fully saturated rings. The molecular weight excluding hydrogens is 355 g/mol. The van der Waals surface area contributed by atoms with Crippen molar-refractivity contribution in [3.8, 4) is 0 Å². The number of rotatable bonds is 5. The predicted octanol–water partition coefficient (Wildman–Crippen LogP) is 2.59. The van der Waals surface area contributed by atoms with E-state index in [2.05, 4.69) is 10.4 Å². The fourth-order valence-electron chi connectivity index (χ4n) is 2.42. The van der Waals surface area contributed by atoms with Crippen LogP contribution >= 0.6 is 0 Å². The zero-order valence-electron chi connectivity index (χ0n) is 13.8. The molecule has 1 heterocycles. The largest absolute Gasteiger partial charge is 0.315 e. The smallest absolute Gasteiger partial charge is 0.292 e. The van der Waals surface area contributed by atoms with Crippen molar-refractivity contribution in [2.45, 2.75) is 6.54 Å². The highest BCUT2D eigenvalue weighted by molar-refractivity contribution is 6.03. The Balaban J connectivity index is 1.86. The first-order valence-electron chi connectivity index (χ1n) is 7.81. The van der Waals surface area contributed by atoms with Gasteiger partial charge in [0, 0.05) is 12.1 Å². The summed E-state index contributed by atoms with van der Waals surface area (Å²) in [5.74, 6) is -1.16. The highest BCUT2D eigenvalue weighted by atomic mass is 19.1. The number of carbonyl (C=O) groups excluding carboxylic acids is 1. The van der Waals surface area contributed by atoms with Gasteiger partial charge >= 0.3 is 0 Å². The summed E-state index contributed by atoms with van der Waals surface area (Å²) in [6.45, 7) is -0.0246. The van der Waals surface area contributed by atoms with Crippen LogP contribution in [0.1, 0.15) is 16.1 Å². The van der Waals surface area contributed by atoms with E-state index in [-0.39, 0.29) is 23.6 Å². The van der Waals surface area contributed by atoms with Gasteiger partial charge in [0.25, 0.3) is 17.2 Å². The molecule has 1 N–H and O–H groups in total. The van der Waals surface area contributed by atoms with Crippen molar-refractivity contribution < 1.29 is 14.1 Å². The van der Waals surface area contributed by atoms with E-state index in [1.807, 2.05) is 0 Å². The van der Waals surface area contributed by atoms with Crippen molar-refractivity contribution in [3.63, 3.8) is 0 Å². The Morgan fingerprint density at radius 1 is 1.15 bits per heavy atom. The topological polar surface area (TPSA) is 107 Å². The normalized spacial score (nSPS) is 10.4. The van der Waals surface area contributed by atoms with E-state index >= 15 is 0 Å². The van der Waals surface area contributed by atoms with Crippen molar-refractivity contribution in [1.29, 1.82) is 0 Å². The number of halogens is 1. The number of nitro groups is 1. The van der Waals surface area contributed by atoms with E-state index in [0.717, 1.165) is 10.7 Å². The summed E-state index contributed by atoms with van der Waals surface area (Å²) in [5.41, 5.74) is -0.331. The summed E-state index contributed by atoms with van der Waals surface area (Å²) in [5, 5.41) is 17.4. The first-order valence-corrected chi connectivity index (χ1v) is 7.81. The molecule has 0 unspecified atom stereocenters. The Bertz CT molecular complexity index is 1080. The fourth-order valence-corrected chi connectivity index (χ4v) is 2.42. The number of nitrogens with one attached hydrogen (secondary N) is 1. The van der Waals surface area contributed by atoms with Gasteiger partial charge in [-0.3, -0.25) is 19.7 Å². The lowest BCUT2D eigenvalue weighted by Crippen LogP contribution is -2.26. The molecule has 0 radical (unpaired) electrons. The van der Waals surface area contributed by atoms with Gasteiger partial charge in [-0.1, -0.05) is 24.3 Å². The molecule has 9 heteroatoms. The average molecular weight is 368 g/mol. The summed E-state index contributed by atoms with van der Waals surface area (Å²) >= 11 is 0. The zero-order valence-corrected chi connectivity index (χ0v) is 13.8. The monoisotopic (exact) mass is 368 g/mol. The first-order chi connectivity index (χ1) is 12.9. The van der Waals surface area contributed by atoms with Gasteiger partial charge in [0.2, 0.25) is 0 Å². The number of anilines is 1. The highest BCUT2D eigenvalue weighted by Crippen LogP contribution is 2.23. The fraction of sp³-hybridized carbons (Fsp3) is 0.0556. The van der Waals surface area contributed by atoms with E-state index in [4.69, 9.17) is 0 Å². The maximum absolute atomic E-state index is 13.3. The Labute approximate surface area is 152 Å². The van der Waals surface area contributed by atoms with Crippen molar-refractivity contribution in [2.75, 3.05) is 5.32 Å². The number of amides is 1. The minimum absolute atomic E-state index is 0.0113. The molecule has 136 valence electrons. The van der Waals surface area contributed by atoms with E-state index in [1.165, 1.54) is 42.5 Å². The van der Waals surface area contributed by atoms with E-state index in [1.54, 1.807) is 12.1 Å². The molecule has 1 aromatic heterocycles. The van der Waals surface area contributed by atoms with E-state index < -0.39 is 22.2 Å². The summed E-state index contributed by atoms with van der Waals surface area (Å²) in [6.07, 6.45) is 0. The quantitative estimate of drug-likeness (QED) is 0.550. The molecule has 0 spiro atoms. The Kier molecular flexibility index (Phi) is 5.02. The van der Waals surface area contributed by atoms with Crippen LogP contribution < -0.4 is 10.9 Å². The molecule has 0 bridgehead atoms. The van der Waals surface area contributed by atoms with Crippen LogP contribution in [-0.4, -0.2) is 20.6 Å². The molecule has 0 saturated carbocycles. The third-order valence-electron chi connectivity index (χ3n) is 3.67. The van der Waals surface area contributed by atoms with Crippen LogP contribution in [0.3, 0.4) is 0 Å². The second kappa shape index (κ2) is 7.56. The second-order valence-corrected chi connectivity index (χ2v) is 5.57. The molecule has 0 aliphatic rings. The van der Waals surface area contributed by atoms with Gasteiger partial charge in [0.15, 0.2) is 0 Å². The SMILES string of the molecule is O=C(Nc1ccccc1[N+](=O)[O-])c1ccc(=O)n(Cc2cccc(F)c2)n1. The molecule has 0 aliphatic carbocycles. The summed E-state index contributed by atoms with van der Waals surface area (Å²) in [4.78, 5) is 34.8. The van der Waals surface area contributed by atoms with Crippen LogP contribution in [0.5, 0.6) is 0 Å². The molecule has 3 aromatic rings. The summed E-state index contributed by atoms with van der Waals surface area (Å²) in [7, 11) is 0. The highest BCUT2D eigenvalue weighted by Gasteiger charge is 2.17. The minimum atomic E-state index is -0.711. The van der Waals surface area contributed by atoms with Crippen LogP contribution in [0.25, 0.3) is 0 Å². The number of hydrogen-bond acceptors (Lipinski definition) is 5. The zero-order chi connectivity index (χ0) is 19.4. The molecule has 1 amide bonds. The van der Waals surface area contributed by atoms with Crippen LogP contribution in [0, 0.1) is 15.9 Å². The van der Waals surface area contributed by atoms with Crippen molar-refractivity contribution in [1.82, 2.24) is 9.78 Å². The van der Waals surface area contributed by atoms with Gasteiger partial charge in [0.1, 0.15) is 17.2 Å². The molecule has 27 heavy (non-hydrogen) atoms. The molecule has 0 atom stereocenters. The number of nitrogens with zero attached hydrogens (tertiary/aromatic N) is 3. The number of para-hydroxylation sites is 2. The third kappa shape index (κ3) is 4.21. The average Bonchev–Trinajstić information content (AvgIpc) is 2.64. The van der Waals surface area contributed by atoms with Gasteiger partial charge in [-0.25, -0.2) is 9.07 Å². The van der Waals surface area contributed by atoms with Crippen LogP contribution in [0.4, 0.5) is 15.8 Å². The molecular formula is C18H13FN4O4. The predicted molar refractivity (Wildman–Crippen MR) is 95.0 cm³/mol. The molecule has 0 saturated heterocycles. The van der Waals surface area contributed by atoms with Gasteiger partial charge < -0.3 is 5.32 Å². The van der Waals surface area contributed by atoms with Crippen molar-refractivity contribution in [2.24, 2.45) is 0 Å². The lowest BCUT2D eigenvalue weighted by atomic mass is 10.2. The first kappa shape index (κ1) is 17.9. The lowest BCUT2D eigenvalue weighted by molar-refractivity contribution is -0.383. The van der Waals surface area contributed by atoms with Crippen LogP contribution in [0.15, 0.2) is 65.5 Å². The van der Waals surface area contributed by atoms with Gasteiger partial charge in [0.05, 0.1) is 11.5 Å². The molecule has 3 rings (SSSR count). The van der Waals surface area contributed by atoms with Gasteiger partial charge in [-0.2, -0.15) is 5.10 Å². The maximum Gasteiger partial charge on any atom is 0.292 e. The Morgan fingerprint density at radius 3 is 2.67 bits per heavy atom. The molecule has 0 aliphatic heterocycles. The molecule has 2 aromatic carbocycles. The second-order valence-electron chi connectivity index (χ2n) is 5.57. The lowest BCUT2D eigenvalue weighted by Gasteiger charge is -2.08. The van der Waals surface area contributed by atoms with Crippen molar-refractivity contribution >= 4 is 17.3 Å². The number of nitro benzene ring substituents is 1. The van der Waals surface area contributed by atoms with Crippen LogP contribution in [-0.2, 0) is 6.54 Å².